The van der Waals surface area contributed by atoms with Gasteiger partial charge in [-0.05, 0) is 42.8 Å². The highest BCUT2D eigenvalue weighted by Gasteiger charge is 2.20. The van der Waals surface area contributed by atoms with E-state index in [1.807, 2.05) is 24.3 Å². The van der Waals surface area contributed by atoms with E-state index >= 15 is 0 Å². The molecule has 0 bridgehead atoms. The molecule has 1 heterocycles. The summed E-state index contributed by atoms with van der Waals surface area (Å²) in [6.07, 6.45) is 2.52. The summed E-state index contributed by atoms with van der Waals surface area (Å²) in [7, 11) is 1.72. The molecule has 0 atom stereocenters. The predicted octanol–water partition coefficient (Wildman–Crippen LogP) is 4.08. The van der Waals surface area contributed by atoms with E-state index in [9.17, 15) is 9.59 Å². The molecule has 1 N–H and O–H groups in total. The van der Waals surface area contributed by atoms with Crippen LogP contribution in [0.5, 0.6) is 0 Å². The summed E-state index contributed by atoms with van der Waals surface area (Å²) in [6, 6.07) is 20.8. The van der Waals surface area contributed by atoms with Gasteiger partial charge in [0.1, 0.15) is 5.76 Å². The fraction of sp³-hybridized carbons (Fsp3) is 0.280. The summed E-state index contributed by atoms with van der Waals surface area (Å²) in [5.74, 6) is 0.364. The Hall–Kier alpha value is -3.38. The van der Waals surface area contributed by atoms with Crippen LogP contribution < -0.4 is 10.2 Å². The van der Waals surface area contributed by atoms with Crippen LogP contribution in [0.4, 0.5) is 5.69 Å². The molecule has 6 nitrogen and oxygen atoms in total. The van der Waals surface area contributed by atoms with Crippen LogP contribution in [-0.4, -0.2) is 36.9 Å². The minimum atomic E-state index is -0.249. The Balaban J connectivity index is 1.68. The van der Waals surface area contributed by atoms with E-state index in [1.54, 1.807) is 48.5 Å². The van der Waals surface area contributed by atoms with Gasteiger partial charge < -0.3 is 14.6 Å². The lowest BCUT2D eigenvalue weighted by Crippen LogP contribution is -2.39. The third-order valence-electron chi connectivity index (χ3n) is 5.04. The van der Waals surface area contributed by atoms with Gasteiger partial charge in [0.2, 0.25) is 5.91 Å². The molecule has 0 aliphatic rings. The number of likely N-dealkylation sites (N-methyl/N-ethyl adjacent to an activating group) is 1. The number of rotatable bonds is 10. The smallest absolute Gasteiger partial charge is 0.253 e. The predicted molar refractivity (Wildman–Crippen MR) is 122 cm³/mol. The van der Waals surface area contributed by atoms with Gasteiger partial charge in [0.05, 0.1) is 30.6 Å². The maximum Gasteiger partial charge on any atom is 0.253 e. The molecule has 0 fully saturated rings. The van der Waals surface area contributed by atoms with Crippen molar-refractivity contribution in [1.82, 2.24) is 10.2 Å². The van der Waals surface area contributed by atoms with Crippen LogP contribution in [0.1, 0.15) is 35.0 Å². The standard InChI is InChI=1S/C25H29N3O3/c1-3-15-28(18-20-10-5-4-6-11-20)19-24(29)27(2)23-14-8-7-13-22(23)25(30)26-17-21-12-9-16-31-21/h4-14,16H,3,15,17-19H2,1-2H3,(H,26,30). The molecule has 0 radical (unpaired) electrons. The van der Waals surface area contributed by atoms with Gasteiger partial charge in [-0.3, -0.25) is 14.5 Å². The van der Waals surface area contributed by atoms with Crippen LogP contribution in [-0.2, 0) is 17.9 Å². The Bertz CT molecular complexity index is 971. The number of hydrogen-bond donors (Lipinski definition) is 1. The molecule has 2 amide bonds. The fourth-order valence-electron chi connectivity index (χ4n) is 3.44. The van der Waals surface area contributed by atoms with Crippen molar-refractivity contribution in [2.24, 2.45) is 0 Å². The first-order valence-corrected chi connectivity index (χ1v) is 10.5. The fourth-order valence-corrected chi connectivity index (χ4v) is 3.44. The molecule has 6 heteroatoms. The highest BCUT2D eigenvalue weighted by atomic mass is 16.3. The lowest BCUT2D eigenvalue weighted by Gasteiger charge is -2.26. The topological polar surface area (TPSA) is 65.8 Å². The van der Waals surface area contributed by atoms with Gasteiger partial charge in [-0.1, -0.05) is 49.4 Å². The van der Waals surface area contributed by atoms with Crippen LogP contribution in [0.15, 0.2) is 77.4 Å². The summed E-state index contributed by atoms with van der Waals surface area (Å²) >= 11 is 0. The molecular formula is C25H29N3O3. The number of hydrogen-bond acceptors (Lipinski definition) is 4. The van der Waals surface area contributed by atoms with Gasteiger partial charge in [0, 0.05) is 13.6 Å². The Morgan fingerprint density at radius 3 is 2.42 bits per heavy atom. The molecule has 0 saturated heterocycles. The highest BCUT2D eigenvalue weighted by molar-refractivity contribution is 6.04. The lowest BCUT2D eigenvalue weighted by molar-refractivity contribution is -0.119. The number of anilines is 1. The van der Waals surface area contributed by atoms with Crippen molar-refractivity contribution in [2.75, 3.05) is 25.0 Å². The lowest BCUT2D eigenvalue weighted by atomic mass is 10.1. The van der Waals surface area contributed by atoms with Crippen LogP contribution in [0.25, 0.3) is 0 Å². The van der Waals surface area contributed by atoms with Gasteiger partial charge in [-0.15, -0.1) is 0 Å². The first-order chi connectivity index (χ1) is 15.1. The van der Waals surface area contributed by atoms with Crippen molar-refractivity contribution in [3.8, 4) is 0 Å². The molecule has 3 aromatic rings. The highest BCUT2D eigenvalue weighted by Crippen LogP contribution is 2.20. The first-order valence-electron chi connectivity index (χ1n) is 10.5. The third-order valence-corrected chi connectivity index (χ3v) is 5.04. The summed E-state index contributed by atoms with van der Waals surface area (Å²) in [5.41, 5.74) is 2.21. The Morgan fingerprint density at radius 2 is 1.71 bits per heavy atom. The number of furan rings is 1. The second-order valence-electron chi connectivity index (χ2n) is 7.43. The quantitative estimate of drug-likeness (QED) is 0.538. The number of para-hydroxylation sites is 1. The van der Waals surface area contributed by atoms with Gasteiger partial charge >= 0.3 is 0 Å². The summed E-state index contributed by atoms with van der Waals surface area (Å²) in [6.45, 7) is 4.20. The number of nitrogens with zero attached hydrogens (tertiary/aromatic N) is 2. The van der Waals surface area contributed by atoms with Crippen molar-refractivity contribution in [3.05, 3.63) is 89.9 Å². The average molecular weight is 420 g/mol. The average Bonchev–Trinajstić information content (AvgIpc) is 3.31. The molecule has 0 spiro atoms. The van der Waals surface area contributed by atoms with Crippen LogP contribution in [0, 0.1) is 0 Å². The van der Waals surface area contributed by atoms with E-state index in [1.165, 1.54) is 5.56 Å². The number of carbonyl (C=O) groups excluding carboxylic acids is 2. The van der Waals surface area contributed by atoms with Crippen molar-refractivity contribution in [1.29, 1.82) is 0 Å². The molecule has 0 unspecified atom stereocenters. The summed E-state index contributed by atoms with van der Waals surface area (Å²) < 4.78 is 5.27. The minimum absolute atomic E-state index is 0.0596. The zero-order valence-corrected chi connectivity index (χ0v) is 18.1. The Kier molecular flexibility index (Phi) is 8.01. The maximum absolute atomic E-state index is 13.1. The van der Waals surface area contributed by atoms with Gasteiger partial charge in [0.25, 0.3) is 5.91 Å². The molecule has 0 aliphatic heterocycles. The first kappa shape index (κ1) is 22.3. The molecule has 1 aromatic heterocycles. The van der Waals surface area contributed by atoms with E-state index in [4.69, 9.17) is 4.42 Å². The largest absolute Gasteiger partial charge is 0.467 e. The third kappa shape index (κ3) is 6.30. The zero-order chi connectivity index (χ0) is 22.1. The minimum Gasteiger partial charge on any atom is -0.467 e. The van der Waals surface area contributed by atoms with Gasteiger partial charge in [0.15, 0.2) is 0 Å². The number of benzene rings is 2. The Morgan fingerprint density at radius 1 is 0.968 bits per heavy atom. The van der Waals surface area contributed by atoms with Crippen molar-refractivity contribution < 1.29 is 14.0 Å². The van der Waals surface area contributed by atoms with Crippen LogP contribution >= 0.6 is 0 Å². The van der Waals surface area contributed by atoms with E-state index in [2.05, 4.69) is 29.3 Å². The zero-order valence-electron chi connectivity index (χ0n) is 18.1. The number of carbonyl (C=O) groups is 2. The number of amides is 2. The number of nitrogens with one attached hydrogen (secondary N) is 1. The molecule has 31 heavy (non-hydrogen) atoms. The van der Waals surface area contributed by atoms with Crippen LogP contribution in [0.3, 0.4) is 0 Å². The Labute approximate surface area is 183 Å². The second-order valence-corrected chi connectivity index (χ2v) is 7.43. The van der Waals surface area contributed by atoms with E-state index in [0.717, 1.165) is 13.0 Å². The maximum atomic E-state index is 13.1. The molecule has 3 rings (SSSR count). The van der Waals surface area contributed by atoms with Crippen molar-refractivity contribution in [3.63, 3.8) is 0 Å². The molecular weight excluding hydrogens is 390 g/mol. The van der Waals surface area contributed by atoms with Gasteiger partial charge in [-0.25, -0.2) is 0 Å². The van der Waals surface area contributed by atoms with Crippen LogP contribution in [0.2, 0.25) is 0 Å². The molecule has 0 aliphatic carbocycles. The molecule has 0 saturated carbocycles. The van der Waals surface area contributed by atoms with Crippen molar-refractivity contribution in [2.45, 2.75) is 26.4 Å². The van der Waals surface area contributed by atoms with E-state index in [0.29, 0.717) is 30.1 Å². The molecule has 162 valence electrons. The monoisotopic (exact) mass is 419 g/mol. The second kappa shape index (κ2) is 11.1. The van der Waals surface area contributed by atoms with Gasteiger partial charge in [-0.2, -0.15) is 0 Å². The SMILES string of the molecule is CCCN(CC(=O)N(C)c1ccccc1C(=O)NCc1ccco1)Cc1ccccc1. The summed E-state index contributed by atoms with van der Waals surface area (Å²) in [5, 5.41) is 2.85. The van der Waals surface area contributed by atoms with E-state index in [-0.39, 0.29) is 18.4 Å². The molecule has 2 aromatic carbocycles. The van der Waals surface area contributed by atoms with Crippen molar-refractivity contribution >= 4 is 17.5 Å². The van der Waals surface area contributed by atoms with E-state index < -0.39 is 0 Å². The normalized spacial score (nSPS) is 10.8. The summed E-state index contributed by atoms with van der Waals surface area (Å²) in [4.78, 5) is 29.5.